The van der Waals surface area contributed by atoms with Gasteiger partial charge in [0.05, 0.1) is 12.1 Å². The van der Waals surface area contributed by atoms with Gasteiger partial charge in [0.2, 0.25) is 5.91 Å². The van der Waals surface area contributed by atoms with Crippen LogP contribution in [0.1, 0.15) is 22.8 Å². The SMILES string of the molecule is CC(=O)NCCNC(=O)c1cn(Cc2ccccc2)nc1-c1ccc(Cl)cc1. The van der Waals surface area contributed by atoms with Crippen LogP contribution in [0.3, 0.4) is 0 Å². The summed E-state index contributed by atoms with van der Waals surface area (Å²) in [6.07, 6.45) is 1.74. The first-order valence-electron chi connectivity index (χ1n) is 8.93. The summed E-state index contributed by atoms with van der Waals surface area (Å²) in [5.74, 6) is -0.374. The van der Waals surface area contributed by atoms with E-state index in [1.165, 1.54) is 6.92 Å². The molecule has 28 heavy (non-hydrogen) atoms. The van der Waals surface area contributed by atoms with Crippen LogP contribution in [0, 0.1) is 0 Å². The summed E-state index contributed by atoms with van der Waals surface area (Å²) >= 11 is 5.98. The first kappa shape index (κ1) is 19.6. The summed E-state index contributed by atoms with van der Waals surface area (Å²) < 4.78 is 1.75. The van der Waals surface area contributed by atoms with Gasteiger partial charge in [0.25, 0.3) is 5.91 Å². The van der Waals surface area contributed by atoms with Crippen LogP contribution >= 0.6 is 11.6 Å². The summed E-state index contributed by atoms with van der Waals surface area (Å²) in [4.78, 5) is 23.7. The van der Waals surface area contributed by atoms with Crippen molar-refractivity contribution < 1.29 is 9.59 Å². The number of carbonyl (C=O) groups is 2. The third-order valence-electron chi connectivity index (χ3n) is 4.10. The van der Waals surface area contributed by atoms with Gasteiger partial charge < -0.3 is 10.6 Å². The lowest BCUT2D eigenvalue weighted by Gasteiger charge is -2.06. The number of nitrogens with one attached hydrogen (secondary N) is 2. The highest BCUT2D eigenvalue weighted by atomic mass is 35.5. The van der Waals surface area contributed by atoms with Gasteiger partial charge in [-0.1, -0.05) is 54.1 Å². The molecule has 0 aliphatic carbocycles. The Kier molecular flexibility index (Phi) is 6.45. The zero-order valence-electron chi connectivity index (χ0n) is 15.5. The lowest BCUT2D eigenvalue weighted by Crippen LogP contribution is -2.33. The average molecular weight is 397 g/mol. The molecule has 0 fully saturated rings. The predicted octanol–water partition coefficient (Wildman–Crippen LogP) is 3.12. The molecule has 0 unspecified atom stereocenters. The zero-order chi connectivity index (χ0) is 19.9. The molecule has 0 radical (unpaired) electrons. The van der Waals surface area contributed by atoms with E-state index in [4.69, 9.17) is 11.6 Å². The summed E-state index contributed by atoms with van der Waals surface area (Å²) in [6, 6.07) is 17.1. The van der Waals surface area contributed by atoms with Gasteiger partial charge in [0.15, 0.2) is 0 Å². The van der Waals surface area contributed by atoms with E-state index in [0.29, 0.717) is 35.9 Å². The van der Waals surface area contributed by atoms with Crippen molar-refractivity contribution in [2.75, 3.05) is 13.1 Å². The van der Waals surface area contributed by atoms with E-state index in [9.17, 15) is 9.59 Å². The Bertz CT molecular complexity index is 952. The van der Waals surface area contributed by atoms with Gasteiger partial charge in [-0.05, 0) is 17.7 Å². The van der Waals surface area contributed by atoms with Crippen molar-refractivity contribution in [3.63, 3.8) is 0 Å². The third-order valence-corrected chi connectivity index (χ3v) is 4.35. The van der Waals surface area contributed by atoms with Crippen molar-refractivity contribution in [1.82, 2.24) is 20.4 Å². The Morgan fingerprint density at radius 1 is 1.00 bits per heavy atom. The Morgan fingerprint density at radius 3 is 2.36 bits per heavy atom. The Labute approximate surface area is 168 Å². The van der Waals surface area contributed by atoms with Crippen LogP contribution in [0.5, 0.6) is 0 Å². The monoisotopic (exact) mass is 396 g/mol. The van der Waals surface area contributed by atoms with E-state index >= 15 is 0 Å². The molecule has 0 spiro atoms. The molecule has 0 saturated heterocycles. The van der Waals surface area contributed by atoms with Gasteiger partial charge in [-0.15, -0.1) is 0 Å². The molecule has 3 rings (SSSR count). The van der Waals surface area contributed by atoms with E-state index < -0.39 is 0 Å². The molecule has 2 N–H and O–H groups in total. The van der Waals surface area contributed by atoms with Crippen molar-refractivity contribution >= 4 is 23.4 Å². The maximum atomic E-state index is 12.7. The summed E-state index contributed by atoms with van der Waals surface area (Å²) in [5.41, 5.74) is 2.96. The molecular weight excluding hydrogens is 376 g/mol. The van der Waals surface area contributed by atoms with Crippen LogP contribution in [0.15, 0.2) is 60.8 Å². The van der Waals surface area contributed by atoms with E-state index in [1.54, 1.807) is 23.0 Å². The van der Waals surface area contributed by atoms with E-state index in [-0.39, 0.29) is 11.8 Å². The molecule has 1 aromatic heterocycles. The standard InChI is InChI=1S/C21H21ClN4O2/c1-15(27)23-11-12-24-21(28)19-14-26(13-16-5-3-2-4-6-16)25-20(19)17-7-9-18(22)10-8-17/h2-10,14H,11-13H2,1H3,(H,23,27)(H,24,28). The van der Waals surface area contributed by atoms with Gasteiger partial charge in [0, 0.05) is 36.8 Å². The highest BCUT2D eigenvalue weighted by Crippen LogP contribution is 2.24. The fraction of sp³-hybridized carbons (Fsp3) is 0.190. The molecule has 144 valence electrons. The lowest BCUT2D eigenvalue weighted by molar-refractivity contribution is -0.118. The highest BCUT2D eigenvalue weighted by Gasteiger charge is 2.18. The average Bonchev–Trinajstić information content (AvgIpc) is 3.10. The molecule has 0 saturated carbocycles. The van der Waals surface area contributed by atoms with Gasteiger partial charge in [-0.25, -0.2) is 0 Å². The molecule has 7 heteroatoms. The number of aromatic nitrogens is 2. The van der Waals surface area contributed by atoms with Crippen molar-refractivity contribution in [3.05, 3.63) is 76.9 Å². The number of nitrogens with zero attached hydrogens (tertiary/aromatic N) is 2. The van der Waals surface area contributed by atoms with E-state index in [1.807, 2.05) is 42.5 Å². The summed E-state index contributed by atoms with van der Waals surface area (Å²) in [7, 11) is 0. The molecule has 1 heterocycles. The Balaban J connectivity index is 1.84. The topological polar surface area (TPSA) is 76.0 Å². The first-order valence-corrected chi connectivity index (χ1v) is 9.30. The van der Waals surface area contributed by atoms with Gasteiger partial charge in [-0.3, -0.25) is 14.3 Å². The fourth-order valence-corrected chi connectivity index (χ4v) is 2.90. The number of halogens is 1. The second kappa shape index (κ2) is 9.19. The van der Waals surface area contributed by atoms with Crippen molar-refractivity contribution in [2.45, 2.75) is 13.5 Å². The van der Waals surface area contributed by atoms with Crippen LogP contribution in [-0.4, -0.2) is 34.7 Å². The number of amides is 2. The molecule has 2 amide bonds. The van der Waals surface area contributed by atoms with Crippen LogP contribution in [0.2, 0.25) is 5.02 Å². The maximum Gasteiger partial charge on any atom is 0.255 e. The zero-order valence-corrected chi connectivity index (χ0v) is 16.2. The van der Waals surface area contributed by atoms with E-state index in [2.05, 4.69) is 15.7 Å². The van der Waals surface area contributed by atoms with Crippen LogP contribution < -0.4 is 10.6 Å². The largest absolute Gasteiger partial charge is 0.355 e. The molecule has 2 aromatic carbocycles. The molecule has 0 aliphatic heterocycles. The molecule has 6 nitrogen and oxygen atoms in total. The predicted molar refractivity (Wildman–Crippen MR) is 109 cm³/mol. The molecule has 3 aromatic rings. The number of benzene rings is 2. The molecular formula is C21H21ClN4O2. The van der Waals surface area contributed by atoms with Crippen molar-refractivity contribution in [1.29, 1.82) is 0 Å². The van der Waals surface area contributed by atoms with Gasteiger partial charge in [-0.2, -0.15) is 5.10 Å². The van der Waals surface area contributed by atoms with Crippen LogP contribution in [0.4, 0.5) is 0 Å². The smallest absolute Gasteiger partial charge is 0.255 e. The minimum absolute atomic E-state index is 0.133. The van der Waals surface area contributed by atoms with Crippen LogP contribution in [0.25, 0.3) is 11.3 Å². The molecule has 0 bridgehead atoms. The van der Waals surface area contributed by atoms with Gasteiger partial charge >= 0.3 is 0 Å². The number of hydrogen-bond donors (Lipinski definition) is 2. The van der Waals surface area contributed by atoms with Crippen LogP contribution in [-0.2, 0) is 11.3 Å². The Morgan fingerprint density at radius 2 is 1.68 bits per heavy atom. The second-order valence-corrected chi connectivity index (χ2v) is 6.76. The highest BCUT2D eigenvalue weighted by molar-refractivity contribution is 6.30. The summed E-state index contributed by atoms with van der Waals surface area (Å²) in [6.45, 7) is 2.70. The quantitative estimate of drug-likeness (QED) is 0.602. The molecule has 0 aliphatic rings. The number of hydrogen-bond acceptors (Lipinski definition) is 3. The van der Waals surface area contributed by atoms with Crippen molar-refractivity contribution in [3.8, 4) is 11.3 Å². The second-order valence-electron chi connectivity index (χ2n) is 6.32. The van der Waals surface area contributed by atoms with Crippen molar-refractivity contribution in [2.24, 2.45) is 0 Å². The van der Waals surface area contributed by atoms with E-state index in [0.717, 1.165) is 11.1 Å². The molecule has 0 atom stereocenters. The first-order chi connectivity index (χ1) is 13.5. The summed E-state index contributed by atoms with van der Waals surface area (Å²) in [5, 5.41) is 10.7. The number of rotatable bonds is 7. The normalized spacial score (nSPS) is 10.5. The fourth-order valence-electron chi connectivity index (χ4n) is 2.77. The minimum atomic E-state index is -0.241. The maximum absolute atomic E-state index is 12.7. The van der Waals surface area contributed by atoms with Gasteiger partial charge in [0.1, 0.15) is 5.69 Å². The number of carbonyl (C=O) groups excluding carboxylic acids is 2. The lowest BCUT2D eigenvalue weighted by atomic mass is 10.1. The minimum Gasteiger partial charge on any atom is -0.355 e. The Hall–Kier alpha value is -3.12. The third kappa shape index (κ3) is 5.20.